The first-order chi connectivity index (χ1) is 10.1. The number of aromatic amines is 1. The molecule has 1 amide bonds. The Balaban J connectivity index is 1.65. The van der Waals surface area contributed by atoms with Crippen molar-refractivity contribution in [2.24, 2.45) is 5.41 Å². The Bertz CT molecular complexity index is 577. The fourth-order valence-corrected chi connectivity index (χ4v) is 3.32. The lowest BCUT2D eigenvalue weighted by atomic mass is 9.74. The van der Waals surface area contributed by atoms with Gasteiger partial charge >= 0.3 is 6.09 Å². The summed E-state index contributed by atoms with van der Waals surface area (Å²) in [6.45, 7) is 11.8. The van der Waals surface area contributed by atoms with Gasteiger partial charge in [0.15, 0.2) is 0 Å². The number of hydrogen-bond donors (Lipinski definition) is 1. The summed E-state index contributed by atoms with van der Waals surface area (Å²) in [5.41, 5.74) is 3.77. The van der Waals surface area contributed by atoms with Crippen LogP contribution < -0.4 is 0 Å². The van der Waals surface area contributed by atoms with Gasteiger partial charge < -0.3 is 9.64 Å². The number of carbonyl (C=O) groups is 1. The van der Waals surface area contributed by atoms with E-state index in [2.05, 4.69) is 24.0 Å². The summed E-state index contributed by atoms with van der Waals surface area (Å²) in [7, 11) is 0. The SMILES string of the molecule is CC1(C)CCc2[nH]nc(C3CN(C(=O)OC(C)(C)C)C3)c2C1. The van der Waals surface area contributed by atoms with Gasteiger partial charge in [0, 0.05) is 24.7 Å². The van der Waals surface area contributed by atoms with E-state index in [0.29, 0.717) is 24.4 Å². The monoisotopic (exact) mass is 305 g/mol. The number of amides is 1. The van der Waals surface area contributed by atoms with Gasteiger partial charge in [0.1, 0.15) is 5.60 Å². The van der Waals surface area contributed by atoms with Gasteiger partial charge in [0.05, 0.1) is 5.69 Å². The largest absolute Gasteiger partial charge is 0.444 e. The average molecular weight is 305 g/mol. The summed E-state index contributed by atoms with van der Waals surface area (Å²) in [6, 6.07) is 0. The highest BCUT2D eigenvalue weighted by atomic mass is 16.6. The lowest BCUT2D eigenvalue weighted by molar-refractivity contribution is 0.00774. The van der Waals surface area contributed by atoms with Gasteiger partial charge in [-0.1, -0.05) is 13.8 Å². The molecular formula is C17H27N3O2. The molecule has 0 bridgehead atoms. The van der Waals surface area contributed by atoms with Gasteiger partial charge in [-0.05, 0) is 51.0 Å². The molecule has 1 aromatic rings. The van der Waals surface area contributed by atoms with E-state index < -0.39 is 5.60 Å². The fraction of sp³-hybridized carbons (Fsp3) is 0.765. The second kappa shape index (κ2) is 5.00. The van der Waals surface area contributed by atoms with E-state index in [1.54, 1.807) is 4.90 Å². The molecule has 0 radical (unpaired) electrons. The van der Waals surface area contributed by atoms with Crippen LogP contribution in [0.25, 0.3) is 0 Å². The molecule has 5 nitrogen and oxygen atoms in total. The minimum atomic E-state index is -0.433. The van der Waals surface area contributed by atoms with E-state index in [0.717, 1.165) is 12.8 Å². The van der Waals surface area contributed by atoms with Crippen LogP contribution >= 0.6 is 0 Å². The zero-order chi connectivity index (χ0) is 16.1. The van der Waals surface area contributed by atoms with Crippen LogP contribution in [0.5, 0.6) is 0 Å². The maximum atomic E-state index is 12.0. The van der Waals surface area contributed by atoms with Crippen molar-refractivity contribution < 1.29 is 9.53 Å². The maximum Gasteiger partial charge on any atom is 0.410 e. The molecule has 1 aliphatic heterocycles. The topological polar surface area (TPSA) is 58.2 Å². The lowest BCUT2D eigenvalue weighted by Crippen LogP contribution is -2.50. The molecule has 1 fully saturated rings. The van der Waals surface area contributed by atoms with Crippen molar-refractivity contribution in [2.45, 2.75) is 65.4 Å². The van der Waals surface area contributed by atoms with Gasteiger partial charge in [-0.2, -0.15) is 5.10 Å². The second-order valence-electron chi connectivity index (χ2n) is 8.49. The summed E-state index contributed by atoms with van der Waals surface area (Å²) in [5.74, 6) is 0.349. The van der Waals surface area contributed by atoms with Crippen molar-refractivity contribution in [3.05, 3.63) is 17.0 Å². The van der Waals surface area contributed by atoms with Gasteiger partial charge in [0.25, 0.3) is 0 Å². The summed E-state index contributed by atoms with van der Waals surface area (Å²) in [5, 5.41) is 7.76. The smallest absolute Gasteiger partial charge is 0.410 e. The van der Waals surface area contributed by atoms with Crippen LogP contribution in [0.1, 0.15) is 63.9 Å². The van der Waals surface area contributed by atoms with Gasteiger partial charge in [-0.15, -0.1) is 0 Å². The van der Waals surface area contributed by atoms with Crippen LogP contribution in [0.15, 0.2) is 0 Å². The van der Waals surface area contributed by atoms with Crippen LogP contribution in [-0.2, 0) is 17.6 Å². The van der Waals surface area contributed by atoms with Crippen LogP contribution in [-0.4, -0.2) is 39.9 Å². The summed E-state index contributed by atoms with van der Waals surface area (Å²) < 4.78 is 5.41. The number of rotatable bonds is 1. The number of hydrogen-bond acceptors (Lipinski definition) is 3. The molecule has 1 saturated heterocycles. The molecule has 122 valence electrons. The lowest BCUT2D eigenvalue weighted by Gasteiger charge is -2.40. The molecule has 1 N–H and O–H groups in total. The molecule has 22 heavy (non-hydrogen) atoms. The Labute approximate surface area is 132 Å². The van der Waals surface area contributed by atoms with E-state index in [1.165, 1.54) is 23.4 Å². The Morgan fingerprint density at radius 3 is 2.68 bits per heavy atom. The molecule has 2 aliphatic rings. The van der Waals surface area contributed by atoms with Crippen LogP contribution in [0.2, 0.25) is 0 Å². The number of nitrogens with one attached hydrogen (secondary N) is 1. The molecule has 2 heterocycles. The standard InChI is InChI=1S/C17H27N3O2/c1-16(2,3)22-15(21)20-9-11(10-20)14-12-8-17(4,5)7-6-13(12)18-19-14/h11H,6-10H2,1-5H3,(H,18,19). The first kappa shape index (κ1) is 15.4. The molecule has 1 aliphatic carbocycles. The quantitative estimate of drug-likeness (QED) is 0.866. The fourth-order valence-electron chi connectivity index (χ4n) is 3.32. The predicted octanol–water partition coefficient (Wildman–Crippen LogP) is 3.26. The number of carbonyl (C=O) groups excluding carboxylic acids is 1. The number of aryl methyl sites for hydroxylation is 1. The number of fused-ring (bicyclic) bond motifs is 1. The number of aromatic nitrogens is 2. The first-order valence-corrected chi connectivity index (χ1v) is 8.19. The molecule has 0 atom stereocenters. The van der Waals surface area contributed by atoms with Gasteiger partial charge in [-0.25, -0.2) is 4.79 Å². The molecule has 0 saturated carbocycles. The minimum Gasteiger partial charge on any atom is -0.444 e. The highest BCUT2D eigenvalue weighted by Gasteiger charge is 2.39. The number of ether oxygens (including phenoxy) is 1. The minimum absolute atomic E-state index is 0.214. The predicted molar refractivity (Wildman–Crippen MR) is 84.9 cm³/mol. The van der Waals surface area contributed by atoms with E-state index in [1.807, 2.05) is 20.8 Å². The summed E-state index contributed by atoms with van der Waals surface area (Å²) in [4.78, 5) is 13.8. The third-order valence-corrected chi connectivity index (χ3v) is 4.61. The van der Waals surface area contributed by atoms with Crippen LogP contribution in [0, 0.1) is 5.41 Å². The van der Waals surface area contributed by atoms with Crippen molar-refractivity contribution in [1.82, 2.24) is 15.1 Å². The normalized spacial score (nSPS) is 21.2. The highest BCUT2D eigenvalue weighted by Crippen LogP contribution is 2.39. The zero-order valence-electron chi connectivity index (χ0n) is 14.3. The molecule has 3 rings (SSSR count). The van der Waals surface area contributed by atoms with Crippen molar-refractivity contribution in [3.8, 4) is 0 Å². The van der Waals surface area contributed by atoms with Gasteiger partial charge in [0.2, 0.25) is 0 Å². The average Bonchev–Trinajstić information content (AvgIpc) is 2.66. The molecule has 5 heteroatoms. The summed E-state index contributed by atoms with van der Waals surface area (Å²) in [6.07, 6.45) is 3.15. The number of likely N-dealkylation sites (tertiary alicyclic amines) is 1. The van der Waals surface area contributed by atoms with E-state index in [-0.39, 0.29) is 6.09 Å². The Morgan fingerprint density at radius 1 is 1.36 bits per heavy atom. The first-order valence-electron chi connectivity index (χ1n) is 8.19. The third-order valence-electron chi connectivity index (χ3n) is 4.61. The number of H-pyrrole nitrogens is 1. The van der Waals surface area contributed by atoms with Crippen molar-refractivity contribution in [1.29, 1.82) is 0 Å². The summed E-state index contributed by atoms with van der Waals surface area (Å²) >= 11 is 0. The van der Waals surface area contributed by atoms with Gasteiger partial charge in [-0.3, -0.25) is 5.10 Å². The maximum absolute atomic E-state index is 12.0. The van der Waals surface area contributed by atoms with Crippen molar-refractivity contribution in [3.63, 3.8) is 0 Å². The van der Waals surface area contributed by atoms with E-state index in [4.69, 9.17) is 4.74 Å². The Hall–Kier alpha value is -1.52. The molecule has 0 spiro atoms. The van der Waals surface area contributed by atoms with Crippen LogP contribution in [0.4, 0.5) is 4.79 Å². The van der Waals surface area contributed by atoms with Crippen molar-refractivity contribution >= 4 is 6.09 Å². The Morgan fingerprint density at radius 2 is 2.05 bits per heavy atom. The van der Waals surface area contributed by atoms with E-state index in [9.17, 15) is 4.79 Å². The third kappa shape index (κ3) is 2.99. The Kier molecular flexibility index (Phi) is 3.49. The molecule has 1 aromatic heterocycles. The number of nitrogens with zero attached hydrogens (tertiary/aromatic N) is 2. The molecular weight excluding hydrogens is 278 g/mol. The van der Waals surface area contributed by atoms with Crippen LogP contribution in [0.3, 0.4) is 0 Å². The zero-order valence-corrected chi connectivity index (χ0v) is 14.3. The molecule has 0 unspecified atom stereocenters. The van der Waals surface area contributed by atoms with E-state index >= 15 is 0 Å². The second-order valence-corrected chi connectivity index (χ2v) is 8.49. The highest BCUT2D eigenvalue weighted by molar-refractivity contribution is 5.69. The van der Waals surface area contributed by atoms with Crippen molar-refractivity contribution in [2.75, 3.05) is 13.1 Å². The molecule has 0 aromatic carbocycles.